The molecule has 0 radical (unpaired) electrons. The maximum atomic E-state index is 12.7. The third kappa shape index (κ3) is 5.36. The number of carbonyl (C=O) groups excluding carboxylic acids is 1. The average Bonchev–Trinajstić information content (AvgIpc) is 2.58. The van der Waals surface area contributed by atoms with Crippen molar-refractivity contribution in [2.75, 3.05) is 19.0 Å². The van der Waals surface area contributed by atoms with Gasteiger partial charge in [-0.05, 0) is 56.9 Å². The largest absolute Gasteiger partial charge is 0.493 e. The molecule has 5 nitrogen and oxygen atoms in total. The van der Waals surface area contributed by atoms with Gasteiger partial charge >= 0.3 is 0 Å². The minimum atomic E-state index is -0.277. The predicted molar refractivity (Wildman–Crippen MR) is 109 cm³/mol. The van der Waals surface area contributed by atoms with E-state index in [0.717, 1.165) is 23.4 Å². The first-order valence-corrected chi connectivity index (χ1v) is 9.37. The van der Waals surface area contributed by atoms with Crippen molar-refractivity contribution >= 4 is 23.2 Å². The van der Waals surface area contributed by atoms with Crippen molar-refractivity contribution in [2.45, 2.75) is 41.0 Å². The van der Waals surface area contributed by atoms with Crippen molar-refractivity contribution in [3.05, 3.63) is 45.7 Å². The monoisotopic (exact) mass is 390 g/mol. The van der Waals surface area contributed by atoms with E-state index in [1.165, 1.54) is 7.11 Å². The topological polar surface area (TPSA) is 60.5 Å². The second kappa shape index (κ2) is 9.09. The van der Waals surface area contributed by atoms with E-state index >= 15 is 0 Å². The van der Waals surface area contributed by atoms with Gasteiger partial charge < -0.3 is 14.8 Å². The van der Waals surface area contributed by atoms with Gasteiger partial charge in [0.25, 0.3) is 5.91 Å². The van der Waals surface area contributed by atoms with Crippen molar-refractivity contribution in [3.63, 3.8) is 0 Å². The highest BCUT2D eigenvalue weighted by atomic mass is 35.5. The molecular formula is C21H27ClN2O3. The van der Waals surface area contributed by atoms with Crippen molar-refractivity contribution in [2.24, 2.45) is 5.92 Å². The maximum absolute atomic E-state index is 12.7. The molecule has 0 unspecified atom stereocenters. The summed E-state index contributed by atoms with van der Waals surface area (Å²) in [6.07, 6.45) is 0.903. The fraction of sp³-hybridized carbons (Fsp3) is 0.429. The van der Waals surface area contributed by atoms with Crippen molar-refractivity contribution in [3.8, 4) is 11.5 Å². The van der Waals surface area contributed by atoms with Crippen molar-refractivity contribution in [1.82, 2.24) is 4.98 Å². The van der Waals surface area contributed by atoms with E-state index in [1.54, 1.807) is 12.1 Å². The Hall–Kier alpha value is -2.27. The van der Waals surface area contributed by atoms with Crippen LogP contribution in [0.15, 0.2) is 18.2 Å². The molecule has 0 spiro atoms. The van der Waals surface area contributed by atoms with Crippen LogP contribution in [0.4, 0.5) is 5.69 Å². The molecule has 0 bridgehead atoms. The number of hydrogen-bond acceptors (Lipinski definition) is 4. The molecule has 0 saturated carbocycles. The number of hydrogen-bond donors (Lipinski definition) is 1. The number of halogens is 1. The fourth-order valence-corrected chi connectivity index (χ4v) is 3.05. The van der Waals surface area contributed by atoms with Crippen LogP contribution in [-0.4, -0.2) is 24.6 Å². The summed E-state index contributed by atoms with van der Waals surface area (Å²) in [4.78, 5) is 17.2. The van der Waals surface area contributed by atoms with Crippen LogP contribution in [0.1, 0.15) is 47.6 Å². The Morgan fingerprint density at radius 3 is 2.52 bits per heavy atom. The van der Waals surface area contributed by atoms with Crippen LogP contribution in [0, 0.1) is 26.7 Å². The van der Waals surface area contributed by atoms with Crippen LogP contribution in [0.3, 0.4) is 0 Å². The Labute approximate surface area is 166 Å². The van der Waals surface area contributed by atoms with Gasteiger partial charge in [0.05, 0.1) is 30.1 Å². The molecule has 1 N–H and O–H groups in total. The molecule has 1 amide bonds. The summed E-state index contributed by atoms with van der Waals surface area (Å²) >= 11 is 6.36. The number of nitrogens with one attached hydrogen (secondary N) is 1. The molecule has 1 heterocycles. The van der Waals surface area contributed by atoms with Crippen molar-refractivity contribution in [1.29, 1.82) is 0 Å². The van der Waals surface area contributed by atoms with Gasteiger partial charge in [0, 0.05) is 11.3 Å². The Balaban J connectivity index is 2.26. The first-order chi connectivity index (χ1) is 12.7. The second-order valence-electron chi connectivity index (χ2n) is 7.02. The molecule has 2 rings (SSSR count). The van der Waals surface area contributed by atoms with Crippen LogP contribution in [0.5, 0.6) is 11.5 Å². The first kappa shape index (κ1) is 21.0. The number of aryl methyl sites for hydroxylation is 3. The molecule has 6 heteroatoms. The lowest BCUT2D eigenvalue weighted by Crippen LogP contribution is -2.15. The summed E-state index contributed by atoms with van der Waals surface area (Å²) in [5.41, 5.74) is 3.74. The molecule has 0 aliphatic rings. The quantitative estimate of drug-likeness (QED) is 0.692. The second-order valence-corrected chi connectivity index (χ2v) is 7.42. The van der Waals surface area contributed by atoms with Crippen LogP contribution in [0.2, 0.25) is 5.02 Å². The predicted octanol–water partition coefficient (Wildman–Crippen LogP) is 5.35. The summed E-state index contributed by atoms with van der Waals surface area (Å²) in [5.74, 6) is 1.14. The normalized spacial score (nSPS) is 10.8. The van der Waals surface area contributed by atoms with E-state index in [0.29, 0.717) is 40.3 Å². The Morgan fingerprint density at radius 1 is 1.22 bits per heavy atom. The van der Waals surface area contributed by atoms with Gasteiger partial charge in [-0.15, -0.1) is 0 Å². The van der Waals surface area contributed by atoms with Crippen LogP contribution < -0.4 is 14.8 Å². The number of ether oxygens (including phenoxy) is 2. The van der Waals surface area contributed by atoms with Crippen LogP contribution in [-0.2, 0) is 0 Å². The molecule has 146 valence electrons. The molecule has 2 aromatic rings. The minimum Gasteiger partial charge on any atom is -0.493 e. The van der Waals surface area contributed by atoms with Gasteiger partial charge in [-0.2, -0.15) is 0 Å². The van der Waals surface area contributed by atoms with E-state index in [4.69, 9.17) is 21.1 Å². The Morgan fingerprint density at radius 2 is 1.93 bits per heavy atom. The number of carbonyl (C=O) groups is 1. The highest BCUT2D eigenvalue weighted by molar-refractivity contribution is 6.32. The van der Waals surface area contributed by atoms with Crippen LogP contribution >= 0.6 is 11.6 Å². The van der Waals surface area contributed by atoms with E-state index in [2.05, 4.69) is 24.1 Å². The number of nitrogens with zero attached hydrogens (tertiary/aromatic N) is 1. The zero-order chi connectivity index (χ0) is 20.1. The third-order valence-electron chi connectivity index (χ3n) is 4.20. The Kier molecular flexibility index (Phi) is 7.08. The van der Waals surface area contributed by atoms with Gasteiger partial charge in [-0.25, -0.2) is 0 Å². The SMILES string of the molecule is COc1cc(C(=O)Nc2c(C)cc(C)nc2C)cc(Cl)c1OCCC(C)C. The van der Waals surface area contributed by atoms with E-state index < -0.39 is 0 Å². The maximum Gasteiger partial charge on any atom is 0.255 e. The van der Waals surface area contributed by atoms with E-state index in [9.17, 15) is 4.79 Å². The molecule has 0 atom stereocenters. The summed E-state index contributed by atoms with van der Waals surface area (Å²) < 4.78 is 11.2. The lowest BCUT2D eigenvalue weighted by atomic mass is 10.1. The zero-order valence-electron chi connectivity index (χ0n) is 16.8. The molecule has 0 saturated heterocycles. The number of aromatic nitrogens is 1. The molecule has 1 aromatic carbocycles. The van der Waals surface area contributed by atoms with E-state index in [-0.39, 0.29) is 5.91 Å². The standard InChI is InChI=1S/C21H27ClN2O3/c1-12(2)7-8-27-20-17(22)10-16(11-18(20)26-6)21(25)24-19-13(3)9-14(4)23-15(19)5/h9-12H,7-8H2,1-6H3,(H,24,25). The molecule has 0 aliphatic carbocycles. The van der Waals surface area contributed by atoms with Crippen LogP contribution in [0.25, 0.3) is 0 Å². The molecule has 0 aliphatic heterocycles. The summed E-state index contributed by atoms with van der Waals surface area (Å²) in [7, 11) is 1.53. The molecule has 0 fully saturated rings. The third-order valence-corrected chi connectivity index (χ3v) is 4.48. The molecule has 1 aromatic heterocycles. The fourth-order valence-electron chi connectivity index (χ4n) is 2.79. The lowest BCUT2D eigenvalue weighted by Gasteiger charge is -2.16. The van der Waals surface area contributed by atoms with Gasteiger partial charge in [-0.1, -0.05) is 25.4 Å². The van der Waals surface area contributed by atoms with E-state index in [1.807, 2.05) is 26.8 Å². The number of methoxy groups -OCH3 is 1. The minimum absolute atomic E-state index is 0.277. The van der Waals surface area contributed by atoms with Gasteiger partial charge in [0.2, 0.25) is 0 Å². The summed E-state index contributed by atoms with van der Waals surface area (Å²) in [6.45, 7) is 10.5. The van der Waals surface area contributed by atoms with Crippen molar-refractivity contribution < 1.29 is 14.3 Å². The molecular weight excluding hydrogens is 364 g/mol. The lowest BCUT2D eigenvalue weighted by molar-refractivity contribution is 0.102. The highest BCUT2D eigenvalue weighted by Crippen LogP contribution is 2.37. The zero-order valence-corrected chi connectivity index (χ0v) is 17.5. The highest BCUT2D eigenvalue weighted by Gasteiger charge is 2.17. The first-order valence-electron chi connectivity index (χ1n) is 8.99. The van der Waals surface area contributed by atoms with Gasteiger partial charge in [0.15, 0.2) is 11.5 Å². The van der Waals surface area contributed by atoms with Gasteiger partial charge in [-0.3, -0.25) is 9.78 Å². The van der Waals surface area contributed by atoms with Gasteiger partial charge in [0.1, 0.15) is 0 Å². The number of amides is 1. The number of anilines is 1. The summed E-state index contributed by atoms with van der Waals surface area (Å²) in [5, 5.41) is 3.27. The molecule has 27 heavy (non-hydrogen) atoms. The number of rotatable bonds is 7. The smallest absolute Gasteiger partial charge is 0.255 e. The number of benzene rings is 1. The summed E-state index contributed by atoms with van der Waals surface area (Å²) in [6, 6.07) is 5.16. The average molecular weight is 391 g/mol. The Bertz CT molecular complexity index is 811. The number of pyridine rings is 1.